The zero-order valence-corrected chi connectivity index (χ0v) is 11.1. The molecule has 0 radical (unpaired) electrons. The van der Waals surface area contributed by atoms with Gasteiger partial charge >= 0.3 is 17.9 Å². The van der Waals surface area contributed by atoms with E-state index in [9.17, 15) is 18.4 Å². The number of hydrogen-bond donors (Lipinski definition) is 1. The van der Waals surface area contributed by atoms with E-state index in [1.165, 1.54) is 38.3 Å². The molecule has 1 atom stereocenters. The van der Waals surface area contributed by atoms with Crippen LogP contribution in [0.25, 0.3) is 0 Å². The van der Waals surface area contributed by atoms with Gasteiger partial charge in [-0.3, -0.25) is 0 Å². The van der Waals surface area contributed by atoms with Crippen LogP contribution >= 0.6 is 0 Å². The fraction of sp³-hybridized carbons (Fsp3) is 0.385. The smallest absolute Gasteiger partial charge is 0.379 e. The Morgan fingerprint density at radius 2 is 1.85 bits per heavy atom. The van der Waals surface area contributed by atoms with Gasteiger partial charge in [0.05, 0.1) is 19.3 Å². The van der Waals surface area contributed by atoms with Gasteiger partial charge in [0.25, 0.3) is 0 Å². The van der Waals surface area contributed by atoms with Crippen LogP contribution in [0.4, 0.5) is 8.78 Å². The number of hydrogen-bond acceptors (Lipinski definition) is 5. The second kappa shape index (κ2) is 6.42. The van der Waals surface area contributed by atoms with Crippen LogP contribution in [0.1, 0.15) is 28.9 Å². The first-order chi connectivity index (χ1) is 9.34. The summed E-state index contributed by atoms with van der Waals surface area (Å²) in [5.41, 5.74) is 5.60. The first-order valence-electron chi connectivity index (χ1n) is 5.83. The molecule has 110 valence electrons. The van der Waals surface area contributed by atoms with Crippen LogP contribution in [0, 0.1) is 0 Å². The number of esters is 2. The van der Waals surface area contributed by atoms with Crippen LogP contribution in [0.3, 0.4) is 0 Å². The lowest BCUT2D eigenvalue weighted by Crippen LogP contribution is -2.41. The number of benzene rings is 1. The van der Waals surface area contributed by atoms with E-state index in [0.717, 1.165) is 0 Å². The third-order valence-corrected chi connectivity index (χ3v) is 2.63. The Kier molecular flexibility index (Phi) is 5.15. The molecule has 20 heavy (non-hydrogen) atoms. The standard InChI is InChI=1S/C13H15F2NO4/c1-3-20-12(18)13(14,15)10(16)8-4-6-9(7-5-8)11(17)19-2/h4-7,10H,3,16H2,1-2H3/t10-/m0/s1. The number of rotatable bonds is 5. The van der Waals surface area contributed by atoms with E-state index in [1.807, 2.05) is 0 Å². The Morgan fingerprint density at radius 1 is 1.30 bits per heavy atom. The number of methoxy groups -OCH3 is 1. The fourth-order valence-corrected chi connectivity index (χ4v) is 1.51. The summed E-state index contributed by atoms with van der Waals surface area (Å²) in [6.07, 6.45) is 0. The monoisotopic (exact) mass is 287 g/mol. The highest BCUT2D eigenvalue weighted by atomic mass is 19.3. The summed E-state index contributed by atoms with van der Waals surface area (Å²) in [6.45, 7) is 1.26. The molecular formula is C13H15F2NO4. The summed E-state index contributed by atoms with van der Waals surface area (Å²) < 4.78 is 36.2. The van der Waals surface area contributed by atoms with Gasteiger partial charge in [-0.1, -0.05) is 12.1 Å². The first kappa shape index (κ1) is 16.0. The lowest BCUT2D eigenvalue weighted by Gasteiger charge is -2.21. The molecule has 0 heterocycles. The van der Waals surface area contributed by atoms with Crippen molar-refractivity contribution in [3.8, 4) is 0 Å². The van der Waals surface area contributed by atoms with Gasteiger partial charge in [0.15, 0.2) is 0 Å². The predicted molar refractivity (Wildman–Crippen MR) is 66.3 cm³/mol. The molecule has 0 unspecified atom stereocenters. The van der Waals surface area contributed by atoms with Crippen molar-refractivity contribution in [3.05, 3.63) is 35.4 Å². The predicted octanol–water partition coefficient (Wildman–Crippen LogP) is 1.67. The van der Waals surface area contributed by atoms with Gasteiger partial charge in [-0.25, -0.2) is 9.59 Å². The molecule has 0 saturated heterocycles. The van der Waals surface area contributed by atoms with E-state index < -0.39 is 23.9 Å². The number of carbonyl (C=O) groups excluding carboxylic acids is 2. The van der Waals surface area contributed by atoms with Crippen molar-refractivity contribution in [1.82, 2.24) is 0 Å². The molecular weight excluding hydrogens is 272 g/mol. The molecule has 0 aliphatic carbocycles. The second-order valence-electron chi connectivity index (χ2n) is 3.93. The molecule has 2 N–H and O–H groups in total. The van der Waals surface area contributed by atoms with E-state index in [4.69, 9.17) is 5.73 Å². The Hall–Kier alpha value is -2.02. The van der Waals surface area contributed by atoms with E-state index in [-0.39, 0.29) is 17.7 Å². The molecule has 0 fully saturated rings. The number of ether oxygens (including phenoxy) is 2. The van der Waals surface area contributed by atoms with E-state index in [0.29, 0.717) is 0 Å². The minimum absolute atomic E-state index is 0.00991. The number of halogens is 2. The second-order valence-corrected chi connectivity index (χ2v) is 3.93. The average Bonchev–Trinajstić information content (AvgIpc) is 2.46. The van der Waals surface area contributed by atoms with Crippen molar-refractivity contribution in [2.24, 2.45) is 5.73 Å². The van der Waals surface area contributed by atoms with Crippen LogP contribution in [0.5, 0.6) is 0 Å². The van der Waals surface area contributed by atoms with Gasteiger partial charge in [-0.2, -0.15) is 8.78 Å². The Labute approximate surface area is 114 Å². The summed E-state index contributed by atoms with van der Waals surface area (Å²) in [6, 6.07) is 3.21. The van der Waals surface area contributed by atoms with Crippen molar-refractivity contribution in [3.63, 3.8) is 0 Å². The Morgan fingerprint density at radius 3 is 2.30 bits per heavy atom. The molecule has 0 amide bonds. The largest absolute Gasteiger partial charge is 0.465 e. The van der Waals surface area contributed by atoms with Crippen LogP contribution in [-0.4, -0.2) is 31.6 Å². The average molecular weight is 287 g/mol. The van der Waals surface area contributed by atoms with Gasteiger partial charge in [0, 0.05) is 0 Å². The van der Waals surface area contributed by atoms with Gasteiger partial charge in [0.1, 0.15) is 6.04 Å². The van der Waals surface area contributed by atoms with Crippen molar-refractivity contribution < 1.29 is 27.8 Å². The Balaban J connectivity index is 2.94. The summed E-state index contributed by atoms with van der Waals surface area (Å²) in [4.78, 5) is 22.4. The topological polar surface area (TPSA) is 78.6 Å². The molecule has 0 aliphatic rings. The maximum Gasteiger partial charge on any atom is 0.379 e. The number of nitrogens with two attached hydrogens (primary N) is 1. The van der Waals surface area contributed by atoms with Crippen LogP contribution in [0.2, 0.25) is 0 Å². The molecule has 0 aromatic heterocycles. The molecule has 0 aliphatic heterocycles. The molecule has 1 aromatic rings. The lowest BCUT2D eigenvalue weighted by atomic mass is 10.00. The highest BCUT2D eigenvalue weighted by molar-refractivity contribution is 5.89. The zero-order chi connectivity index (χ0) is 15.3. The Bertz CT molecular complexity index is 488. The maximum atomic E-state index is 13.7. The molecule has 0 spiro atoms. The summed E-state index contributed by atoms with van der Waals surface area (Å²) in [5.74, 6) is -6.12. The third kappa shape index (κ3) is 3.30. The van der Waals surface area contributed by atoms with Crippen LogP contribution in [-0.2, 0) is 14.3 Å². The van der Waals surface area contributed by atoms with Crippen molar-refractivity contribution in [1.29, 1.82) is 0 Å². The quantitative estimate of drug-likeness (QED) is 0.833. The van der Waals surface area contributed by atoms with Crippen molar-refractivity contribution in [2.45, 2.75) is 18.9 Å². The number of alkyl halides is 2. The summed E-state index contributed by atoms with van der Waals surface area (Å²) >= 11 is 0. The van der Waals surface area contributed by atoms with Gasteiger partial charge in [-0.15, -0.1) is 0 Å². The summed E-state index contributed by atoms with van der Waals surface area (Å²) in [7, 11) is 1.21. The molecule has 7 heteroatoms. The third-order valence-electron chi connectivity index (χ3n) is 2.63. The minimum atomic E-state index is -3.84. The van der Waals surface area contributed by atoms with Gasteiger partial charge in [-0.05, 0) is 24.6 Å². The molecule has 0 bridgehead atoms. The van der Waals surface area contributed by atoms with Crippen molar-refractivity contribution >= 4 is 11.9 Å². The van der Waals surface area contributed by atoms with Crippen LogP contribution in [0.15, 0.2) is 24.3 Å². The highest BCUT2D eigenvalue weighted by Gasteiger charge is 2.47. The SMILES string of the molecule is CCOC(=O)C(F)(F)[C@@H](N)c1ccc(C(=O)OC)cc1. The molecule has 5 nitrogen and oxygen atoms in total. The first-order valence-corrected chi connectivity index (χ1v) is 5.83. The molecule has 0 saturated carbocycles. The fourth-order valence-electron chi connectivity index (χ4n) is 1.51. The minimum Gasteiger partial charge on any atom is -0.465 e. The van der Waals surface area contributed by atoms with Gasteiger partial charge < -0.3 is 15.2 Å². The maximum absolute atomic E-state index is 13.7. The van der Waals surface area contributed by atoms with Gasteiger partial charge in [0.2, 0.25) is 0 Å². The van der Waals surface area contributed by atoms with Crippen molar-refractivity contribution in [2.75, 3.05) is 13.7 Å². The highest BCUT2D eigenvalue weighted by Crippen LogP contribution is 2.30. The zero-order valence-electron chi connectivity index (χ0n) is 11.1. The molecule has 1 rings (SSSR count). The normalized spacial score (nSPS) is 12.7. The molecule has 1 aromatic carbocycles. The van der Waals surface area contributed by atoms with E-state index in [2.05, 4.69) is 9.47 Å². The number of carbonyl (C=O) groups is 2. The lowest BCUT2D eigenvalue weighted by molar-refractivity contribution is -0.174. The van der Waals surface area contributed by atoms with E-state index >= 15 is 0 Å². The summed E-state index contributed by atoms with van der Waals surface area (Å²) in [5, 5.41) is 0. The van der Waals surface area contributed by atoms with Crippen LogP contribution < -0.4 is 5.73 Å². The van der Waals surface area contributed by atoms with E-state index in [1.54, 1.807) is 0 Å².